The van der Waals surface area contributed by atoms with Crippen LogP contribution in [0.2, 0.25) is 0 Å². The lowest BCUT2D eigenvalue weighted by Gasteiger charge is -2.34. The van der Waals surface area contributed by atoms with Gasteiger partial charge < -0.3 is 19.5 Å². The van der Waals surface area contributed by atoms with Crippen molar-refractivity contribution in [2.45, 2.75) is 94.2 Å². The van der Waals surface area contributed by atoms with Gasteiger partial charge in [0.15, 0.2) is 0 Å². The molecule has 1 amide bonds. The van der Waals surface area contributed by atoms with Gasteiger partial charge in [0.25, 0.3) is 0 Å². The molecule has 3 atom stereocenters. The first-order valence-corrected chi connectivity index (χ1v) is 20.4. The van der Waals surface area contributed by atoms with Gasteiger partial charge in [-0.1, -0.05) is 47.6 Å². The zero-order valence-electron chi connectivity index (χ0n) is 32.1. The highest BCUT2D eigenvalue weighted by molar-refractivity contribution is 7.89. The van der Waals surface area contributed by atoms with Crippen LogP contribution in [0.25, 0.3) is 10.4 Å². The Morgan fingerprint density at radius 2 is 1.73 bits per heavy atom. The molecule has 5 rings (SSSR count). The molecule has 302 valence electrons. The number of carbonyl (C=O) groups is 2. The Bertz CT molecular complexity index is 1960. The van der Waals surface area contributed by atoms with E-state index in [1.807, 2.05) is 0 Å². The summed E-state index contributed by atoms with van der Waals surface area (Å²) >= 11 is 0. The molecule has 2 N–H and O–H groups in total. The molecule has 2 aliphatic rings. The van der Waals surface area contributed by atoms with Crippen molar-refractivity contribution in [2.75, 3.05) is 32.9 Å². The standard InChI is InChI=1S/C41H51F2N5O7S/c1-40(2,3)55-39(51)48(26-41(27-49)20-21-41)25-32(46-56(52,53)33-9-5-4-6-10-33)16-17-34-30(8-7-11-35(34)43)24-36(50)38(45-47-44)37(29-18-22-54-23-19-29)28-12-14-31(42)15-13-28/h4-15,29,32,37-38,46,49H,16-27H2,1-3H3/t32-,37-,38+/m0/s1. The van der Waals surface area contributed by atoms with Gasteiger partial charge in [0, 0.05) is 55.0 Å². The van der Waals surface area contributed by atoms with Gasteiger partial charge in [-0.15, -0.1) is 0 Å². The van der Waals surface area contributed by atoms with E-state index in [2.05, 4.69) is 14.7 Å². The topological polar surface area (TPSA) is 171 Å². The molecule has 0 bridgehead atoms. The fourth-order valence-electron chi connectivity index (χ4n) is 7.34. The number of ketones is 1. The molecule has 1 saturated heterocycles. The molecular formula is C41H51F2N5O7S. The Hall–Kier alpha value is -4.40. The molecular weight excluding hydrogens is 745 g/mol. The second-order valence-electron chi connectivity index (χ2n) is 15.9. The van der Waals surface area contributed by atoms with Crippen molar-refractivity contribution in [3.8, 4) is 0 Å². The van der Waals surface area contributed by atoms with Crippen LogP contribution < -0.4 is 4.72 Å². The Kier molecular flexibility index (Phi) is 14.3. The zero-order chi connectivity index (χ0) is 40.5. The number of sulfonamides is 1. The second-order valence-corrected chi connectivity index (χ2v) is 17.6. The molecule has 0 spiro atoms. The first-order valence-electron chi connectivity index (χ1n) is 19.0. The fraction of sp³-hybridized carbons (Fsp3) is 0.512. The van der Waals surface area contributed by atoms with Gasteiger partial charge in [-0.3, -0.25) is 4.79 Å². The largest absolute Gasteiger partial charge is 0.444 e. The number of rotatable bonds is 18. The molecule has 15 heteroatoms. The molecule has 1 aliphatic heterocycles. The van der Waals surface area contributed by atoms with Gasteiger partial charge in [-0.05, 0) is 118 Å². The number of amides is 1. The molecule has 12 nitrogen and oxygen atoms in total. The summed E-state index contributed by atoms with van der Waals surface area (Å²) in [6.45, 7) is 5.89. The summed E-state index contributed by atoms with van der Waals surface area (Å²) in [5, 5.41) is 14.1. The summed E-state index contributed by atoms with van der Waals surface area (Å²) in [5.74, 6) is -2.20. The van der Waals surface area contributed by atoms with E-state index in [4.69, 9.17) is 9.47 Å². The third-order valence-electron chi connectivity index (χ3n) is 10.5. The number of hydrogen-bond acceptors (Lipinski definition) is 8. The van der Waals surface area contributed by atoms with E-state index in [-0.39, 0.29) is 55.3 Å². The third-order valence-corrected chi connectivity index (χ3v) is 12.0. The van der Waals surface area contributed by atoms with Gasteiger partial charge in [0.2, 0.25) is 10.0 Å². The number of halogens is 2. The Labute approximate surface area is 327 Å². The van der Waals surface area contributed by atoms with Crippen molar-refractivity contribution in [1.29, 1.82) is 0 Å². The van der Waals surface area contributed by atoms with E-state index in [1.54, 1.807) is 57.2 Å². The van der Waals surface area contributed by atoms with E-state index in [0.29, 0.717) is 50.0 Å². The fourth-order valence-corrected chi connectivity index (χ4v) is 8.63. The van der Waals surface area contributed by atoms with Crippen molar-refractivity contribution < 1.29 is 41.4 Å². The molecule has 0 radical (unpaired) electrons. The zero-order valence-corrected chi connectivity index (χ0v) is 32.9. The third kappa shape index (κ3) is 11.6. The van der Waals surface area contributed by atoms with Crippen molar-refractivity contribution >= 4 is 21.9 Å². The van der Waals surface area contributed by atoms with Crippen LogP contribution in [0.1, 0.15) is 75.5 Å². The summed E-state index contributed by atoms with van der Waals surface area (Å²) in [6.07, 6.45) is 1.57. The normalized spacial score (nSPS) is 17.2. The molecule has 1 saturated carbocycles. The summed E-state index contributed by atoms with van der Waals surface area (Å²) in [7, 11) is -4.12. The first-order chi connectivity index (χ1) is 26.6. The molecule has 2 fully saturated rings. The minimum absolute atomic E-state index is 0.00402. The lowest BCUT2D eigenvalue weighted by atomic mass is 9.75. The molecule has 3 aromatic carbocycles. The van der Waals surface area contributed by atoms with Crippen LogP contribution in [-0.2, 0) is 37.1 Å². The Morgan fingerprint density at radius 1 is 1.05 bits per heavy atom. The maximum absolute atomic E-state index is 15.8. The van der Waals surface area contributed by atoms with Gasteiger partial charge in [0.1, 0.15) is 29.1 Å². The maximum Gasteiger partial charge on any atom is 0.410 e. The highest BCUT2D eigenvalue weighted by Gasteiger charge is 2.45. The number of nitrogens with zero attached hydrogens (tertiary/aromatic N) is 4. The van der Waals surface area contributed by atoms with Crippen molar-refractivity contribution in [3.63, 3.8) is 0 Å². The van der Waals surface area contributed by atoms with Crippen LogP contribution in [0.3, 0.4) is 0 Å². The number of benzene rings is 3. The van der Waals surface area contributed by atoms with Gasteiger partial charge >= 0.3 is 6.09 Å². The smallest absolute Gasteiger partial charge is 0.410 e. The molecule has 1 heterocycles. The van der Waals surface area contributed by atoms with Crippen LogP contribution in [0.4, 0.5) is 13.6 Å². The highest BCUT2D eigenvalue weighted by Crippen LogP contribution is 2.46. The number of hydrogen-bond donors (Lipinski definition) is 2. The number of carbonyl (C=O) groups excluding carboxylic acids is 2. The van der Waals surface area contributed by atoms with Gasteiger partial charge in [-0.25, -0.2) is 26.7 Å². The predicted molar refractivity (Wildman–Crippen MR) is 206 cm³/mol. The van der Waals surface area contributed by atoms with E-state index in [1.165, 1.54) is 41.3 Å². The highest BCUT2D eigenvalue weighted by atomic mass is 32.2. The second kappa shape index (κ2) is 18.7. The lowest BCUT2D eigenvalue weighted by Crippen LogP contribution is -2.49. The van der Waals surface area contributed by atoms with Crippen LogP contribution in [0.5, 0.6) is 0 Å². The van der Waals surface area contributed by atoms with E-state index < -0.39 is 62.6 Å². The van der Waals surface area contributed by atoms with E-state index in [0.717, 1.165) is 0 Å². The number of nitrogens with one attached hydrogen (secondary N) is 1. The minimum atomic E-state index is -4.12. The number of aliphatic hydroxyl groups is 1. The van der Waals surface area contributed by atoms with Gasteiger partial charge in [0.05, 0.1) is 11.5 Å². The first kappa shape index (κ1) is 42.7. The monoisotopic (exact) mass is 795 g/mol. The van der Waals surface area contributed by atoms with Crippen LogP contribution in [0, 0.1) is 23.0 Å². The number of aliphatic hydroxyl groups excluding tert-OH is 1. The number of ether oxygens (including phenoxy) is 2. The molecule has 3 aromatic rings. The van der Waals surface area contributed by atoms with Crippen molar-refractivity contribution in [2.24, 2.45) is 16.4 Å². The van der Waals surface area contributed by atoms with E-state index >= 15 is 4.39 Å². The molecule has 0 aromatic heterocycles. The molecule has 56 heavy (non-hydrogen) atoms. The minimum Gasteiger partial charge on any atom is -0.444 e. The summed E-state index contributed by atoms with van der Waals surface area (Å²) in [6, 6.07) is 15.7. The summed E-state index contributed by atoms with van der Waals surface area (Å²) in [5.41, 5.74) is 9.39. The molecule has 0 unspecified atom stereocenters. The summed E-state index contributed by atoms with van der Waals surface area (Å²) < 4.78 is 71.1. The van der Waals surface area contributed by atoms with E-state index in [9.17, 15) is 33.0 Å². The maximum atomic E-state index is 15.8. The van der Waals surface area contributed by atoms with Gasteiger partial charge in [-0.2, -0.15) is 0 Å². The van der Waals surface area contributed by atoms with Crippen molar-refractivity contribution in [1.82, 2.24) is 9.62 Å². The molecule has 1 aliphatic carbocycles. The van der Waals surface area contributed by atoms with Crippen LogP contribution in [0.15, 0.2) is 82.8 Å². The Morgan fingerprint density at radius 3 is 2.34 bits per heavy atom. The van der Waals surface area contributed by atoms with Crippen LogP contribution in [-0.4, -0.2) is 80.9 Å². The Balaban J connectivity index is 1.44. The number of Topliss-reactive ketones (excluding diaryl/α,β-unsaturated/α-hetero) is 1. The average molecular weight is 796 g/mol. The predicted octanol–water partition coefficient (Wildman–Crippen LogP) is 7.26. The lowest BCUT2D eigenvalue weighted by molar-refractivity contribution is -0.120. The quantitative estimate of drug-likeness (QED) is 0.0776. The summed E-state index contributed by atoms with van der Waals surface area (Å²) in [4.78, 5) is 32.2. The number of azide groups is 1. The van der Waals surface area contributed by atoms with Crippen LogP contribution >= 0.6 is 0 Å². The average Bonchev–Trinajstić information content (AvgIpc) is 3.94. The van der Waals surface area contributed by atoms with Crippen molar-refractivity contribution in [3.05, 3.63) is 112 Å². The SMILES string of the molecule is CC(C)(C)OC(=O)N(C[C@H](CCc1c(F)cccc1CC(=O)[C@@H](N=[N+]=[N-])[C@@H](c1ccc(F)cc1)C1CCOCC1)NS(=O)(=O)c1ccccc1)CC1(CO)CC1.